The van der Waals surface area contributed by atoms with Crippen LogP contribution in [0.1, 0.15) is 4.88 Å². The van der Waals surface area contributed by atoms with Crippen LogP contribution in [0.25, 0.3) is 0 Å². The summed E-state index contributed by atoms with van der Waals surface area (Å²) in [5.74, 6) is 0.670. The highest BCUT2D eigenvalue weighted by atomic mass is 32.1. The van der Waals surface area contributed by atoms with Crippen LogP contribution in [-0.4, -0.2) is 5.16 Å². The van der Waals surface area contributed by atoms with Crippen molar-refractivity contribution in [2.45, 2.75) is 6.61 Å². The highest BCUT2D eigenvalue weighted by Gasteiger charge is 1.97. The lowest BCUT2D eigenvalue weighted by Gasteiger charge is -1.97. The Morgan fingerprint density at radius 2 is 2.58 bits per heavy atom. The summed E-state index contributed by atoms with van der Waals surface area (Å²) in [6, 6.07) is 4.02. The van der Waals surface area contributed by atoms with Crippen molar-refractivity contribution < 1.29 is 9.26 Å². The lowest BCUT2D eigenvalue weighted by Crippen LogP contribution is -1.90. The summed E-state index contributed by atoms with van der Waals surface area (Å²) in [5.41, 5.74) is 0. The fraction of sp³-hybridized carbons (Fsp3) is 0.125. The van der Waals surface area contributed by atoms with E-state index in [1.165, 1.54) is 11.1 Å². The van der Waals surface area contributed by atoms with E-state index in [0.29, 0.717) is 12.4 Å². The van der Waals surface area contributed by atoms with Crippen LogP contribution >= 0.6 is 11.3 Å². The van der Waals surface area contributed by atoms with Crippen LogP contribution in [0, 0.1) is 0 Å². The minimum Gasteiger partial charge on any atom is -0.483 e. The van der Waals surface area contributed by atoms with Gasteiger partial charge in [-0.15, -0.1) is 11.3 Å². The molecule has 0 atom stereocenters. The first-order valence-electron chi connectivity index (χ1n) is 3.50. The third-order valence-electron chi connectivity index (χ3n) is 1.37. The second-order valence-electron chi connectivity index (χ2n) is 2.23. The van der Waals surface area contributed by atoms with Crippen molar-refractivity contribution in [3.05, 3.63) is 34.8 Å². The third-order valence-corrected chi connectivity index (χ3v) is 2.22. The highest BCUT2D eigenvalue weighted by Crippen LogP contribution is 2.13. The van der Waals surface area contributed by atoms with E-state index >= 15 is 0 Å². The maximum absolute atomic E-state index is 5.34. The molecule has 62 valence electrons. The average molecular weight is 181 g/mol. The van der Waals surface area contributed by atoms with Crippen LogP contribution in [-0.2, 0) is 6.61 Å². The fourth-order valence-corrected chi connectivity index (χ4v) is 1.43. The summed E-state index contributed by atoms with van der Waals surface area (Å²) in [6.45, 7) is 0.582. The van der Waals surface area contributed by atoms with Gasteiger partial charge in [0, 0.05) is 4.88 Å². The summed E-state index contributed by atoms with van der Waals surface area (Å²) in [4.78, 5) is 1.19. The van der Waals surface area contributed by atoms with Crippen molar-refractivity contribution >= 4 is 11.3 Å². The molecule has 12 heavy (non-hydrogen) atoms. The molecule has 0 amide bonds. The molecule has 0 N–H and O–H groups in total. The molecular weight excluding hydrogens is 174 g/mol. The SMILES string of the molecule is c1csc(COc2cnoc2)c1. The first kappa shape index (κ1) is 7.36. The summed E-state index contributed by atoms with van der Waals surface area (Å²) in [7, 11) is 0. The number of ether oxygens (including phenoxy) is 1. The number of rotatable bonds is 3. The molecule has 0 spiro atoms. The van der Waals surface area contributed by atoms with Gasteiger partial charge >= 0.3 is 0 Å². The Kier molecular flexibility index (Phi) is 2.09. The zero-order valence-electron chi connectivity index (χ0n) is 6.27. The molecule has 0 fully saturated rings. The predicted octanol–water partition coefficient (Wildman–Crippen LogP) is 2.32. The van der Waals surface area contributed by atoms with Gasteiger partial charge in [0.2, 0.25) is 0 Å². The van der Waals surface area contributed by atoms with Gasteiger partial charge in [-0.1, -0.05) is 11.2 Å². The number of nitrogens with zero attached hydrogens (tertiary/aromatic N) is 1. The molecule has 0 saturated heterocycles. The van der Waals surface area contributed by atoms with E-state index in [4.69, 9.17) is 4.74 Å². The molecule has 2 aromatic rings. The standard InChI is InChI=1S/C8H7NO2S/c1-2-8(12-3-1)6-10-7-4-9-11-5-7/h1-5H,6H2. The van der Waals surface area contributed by atoms with Gasteiger partial charge in [-0.2, -0.15) is 0 Å². The fourth-order valence-electron chi connectivity index (χ4n) is 0.816. The molecule has 0 aliphatic carbocycles. The Hall–Kier alpha value is -1.29. The largest absolute Gasteiger partial charge is 0.483 e. The number of hydrogen-bond acceptors (Lipinski definition) is 4. The maximum atomic E-state index is 5.34. The van der Waals surface area contributed by atoms with Gasteiger partial charge in [-0.3, -0.25) is 0 Å². The molecule has 0 bridgehead atoms. The molecule has 3 nitrogen and oxygen atoms in total. The van der Waals surface area contributed by atoms with Crippen molar-refractivity contribution in [2.24, 2.45) is 0 Å². The first-order valence-corrected chi connectivity index (χ1v) is 4.37. The van der Waals surface area contributed by atoms with Crippen LogP contribution < -0.4 is 4.74 Å². The summed E-state index contributed by atoms with van der Waals surface area (Å²) in [5, 5.41) is 5.55. The summed E-state index contributed by atoms with van der Waals surface area (Å²) in [6.07, 6.45) is 3.03. The molecule has 4 heteroatoms. The quantitative estimate of drug-likeness (QED) is 0.728. The molecule has 2 rings (SSSR count). The van der Waals surface area contributed by atoms with Gasteiger partial charge in [0.15, 0.2) is 12.0 Å². The molecule has 0 saturated carbocycles. The smallest absolute Gasteiger partial charge is 0.179 e. The molecule has 0 aliphatic rings. The van der Waals surface area contributed by atoms with Crippen LogP contribution in [0.5, 0.6) is 5.75 Å². The predicted molar refractivity (Wildman–Crippen MR) is 45.2 cm³/mol. The normalized spacial score (nSPS) is 10.0. The van der Waals surface area contributed by atoms with Crippen LogP contribution in [0.15, 0.2) is 34.5 Å². The minimum atomic E-state index is 0.582. The lowest BCUT2D eigenvalue weighted by molar-refractivity contribution is 0.305. The molecule has 0 aliphatic heterocycles. The van der Waals surface area contributed by atoms with Crippen molar-refractivity contribution in [1.29, 1.82) is 0 Å². The van der Waals surface area contributed by atoms with E-state index in [1.807, 2.05) is 17.5 Å². The second kappa shape index (κ2) is 3.40. The lowest BCUT2D eigenvalue weighted by atomic mass is 10.5. The minimum absolute atomic E-state index is 0.582. The molecule has 0 unspecified atom stereocenters. The Morgan fingerprint density at radius 3 is 3.25 bits per heavy atom. The molecule has 2 aromatic heterocycles. The van der Waals surface area contributed by atoms with Crippen molar-refractivity contribution in [3.8, 4) is 5.75 Å². The van der Waals surface area contributed by atoms with Gasteiger partial charge in [0.1, 0.15) is 12.8 Å². The molecular formula is C8H7NO2S. The van der Waals surface area contributed by atoms with Gasteiger partial charge < -0.3 is 9.26 Å². The topological polar surface area (TPSA) is 35.3 Å². The molecule has 0 radical (unpaired) electrons. The summed E-state index contributed by atoms with van der Waals surface area (Å²) < 4.78 is 9.96. The number of aromatic nitrogens is 1. The van der Waals surface area contributed by atoms with Crippen LogP contribution in [0.2, 0.25) is 0 Å². The monoisotopic (exact) mass is 181 g/mol. The number of hydrogen-bond donors (Lipinski definition) is 0. The van der Waals surface area contributed by atoms with E-state index in [-0.39, 0.29) is 0 Å². The zero-order chi connectivity index (χ0) is 8.23. The van der Waals surface area contributed by atoms with Crippen LogP contribution in [0.3, 0.4) is 0 Å². The van der Waals surface area contributed by atoms with E-state index in [1.54, 1.807) is 17.5 Å². The zero-order valence-corrected chi connectivity index (χ0v) is 7.08. The van der Waals surface area contributed by atoms with Crippen LogP contribution in [0.4, 0.5) is 0 Å². The Morgan fingerprint density at radius 1 is 1.58 bits per heavy atom. The van der Waals surface area contributed by atoms with Gasteiger partial charge in [0.25, 0.3) is 0 Å². The van der Waals surface area contributed by atoms with Gasteiger partial charge in [-0.25, -0.2) is 0 Å². The van der Waals surface area contributed by atoms with Gasteiger partial charge in [-0.05, 0) is 11.4 Å². The van der Waals surface area contributed by atoms with E-state index < -0.39 is 0 Å². The van der Waals surface area contributed by atoms with E-state index in [9.17, 15) is 0 Å². The Labute approximate surface area is 73.6 Å². The average Bonchev–Trinajstić information content (AvgIpc) is 2.74. The first-order chi connectivity index (χ1) is 5.95. The van der Waals surface area contributed by atoms with Gasteiger partial charge in [0.05, 0.1) is 0 Å². The summed E-state index contributed by atoms with van der Waals surface area (Å²) >= 11 is 1.67. The van der Waals surface area contributed by atoms with Crippen molar-refractivity contribution in [2.75, 3.05) is 0 Å². The second-order valence-corrected chi connectivity index (χ2v) is 3.26. The molecule has 0 aromatic carbocycles. The van der Waals surface area contributed by atoms with Crippen molar-refractivity contribution in [3.63, 3.8) is 0 Å². The van der Waals surface area contributed by atoms with E-state index in [0.717, 1.165) is 0 Å². The number of thiophene rings is 1. The Balaban J connectivity index is 1.91. The van der Waals surface area contributed by atoms with Crippen molar-refractivity contribution in [1.82, 2.24) is 5.16 Å². The maximum Gasteiger partial charge on any atom is 0.179 e. The highest BCUT2D eigenvalue weighted by molar-refractivity contribution is 7.09. The molecule has 2 heterocycles. The third kappa shape index (κ3) is 1.65. The Bertz CT molecular complexity index is 280. The van der Waals surface area contributed by atoms with E-state index in [2.05, 4.69) is 9.68 Å².